The lowest BCUT2D eigenvalue weighted by atomic mass is 9.66. The number of benzene rings is 2. The van der Waals surface area contributed by atoms with Gasteiger partial charge in [0.15, 0.2) is 0 Å². The molecule has 1 aliphatic carbocycles. The maximum Gasteiger partial charge on any atom is 0.233 e. The molecule has 3 heteroatoms. The fraction of sp³-hybridized carbons (Fsp3) is 0.348. The summed E-state index contributed by atoms with van der Waals surface area (Å²) in [5, 5.41) is 0. The molecule has 2 aromatic rings. The molecule has 2 aromatic carbocycles. The van der Waals surface area contributed by atoms with Crippen molar-refractivity contribution in [3.8, 4) is 0 Å². The Labute approximate surface area is 155 Å². The van der Waals surface area contributed by atoms with Crippen LogP contribution in [0.3, 0.4) is 0 Å². The van der Waals surface area contributed by atoms with Crippen molar-refractivity contribution in [2.24, 2.45) is 5.41 Å². The first-order chi connectivity index (χ1) is 12.6. The lowest BCUT2D eigenvalue weighted by Crippen LogP contribution is -2.51. The number of piperidine rings is 1. The third kappa shape index (κ3) is 2.82. The molecule has 3 nitrogen and oxygen atoms in total. The zero-order valence-electron chi connectivity index (χ0n) is 15.3. The fourth-order valence-corrected chi connectivity index (χ4v) is 4.47. The summed E-state index contributed by atoms with van der Waals surface area (Å²) in [4.78, 5) is 15.4. The second-order valence-electron chi connectivity index (χ2n) is 7.46. The van der Waals surface area contributed by atoms with Crippen molar-refractivity contribution in [3.05, 3.63) is 71.8 Å². The van der Waals surface area contributed by atoms with Crippen LogP contribution < -0.4 is 4.90 Å². The third-order valence-electron chi connectivity index (χ3n) is 5.98. The van der Waals surface area contributed by atoms with Crippen molar-refractivity contribution in [3.63, 3.8) is 0 Å². The predicted octanol–water partition coefficient (Wildman–Crippen LogP) is 4.61. The minimum atomic E-state index is -0.249. The highest BCUT2D eigenvalue weighted by Gasteiger charge is 2.45. The number of amides is 1. The fourth-order valence-electron chi connectivity index (χ4n) is 4.47. The smallest absolute Gasteiger partial charge is 0.233 e. The van der Waals surface area contributed by atoms with Gasteiger partial charge >= 0.3 is 0 Å². The Hall–Kier alpha value is -2.55. The Morgan fingerprint density at radius 1 is 1.12 bits per heavy atom. The van der Waals surface area contributed by atoms with Gasteiger partial charge < -0.3 is 9.64 Å². The first-order valence-electron chi connectivity index (χ1n) is 9.35. The van der Waals surface area contributed by atoms with E-state index >= 15 is 0 Å². The van der Waals surface area contributed by atoms with Gasteiger partial charge in [-0.1, -0.05) is 36.9 Å². The first-order valence-corrected chi connectivity index (χ1v) is 9.35. The molecule has 0 aromatic heterocycles. The summed E-state index contributed by atoms with van der Waals surface area (Å²) >= 11 is 0. The van der Waals surface area contributed by atoms with E-state index in [-0.39, 0.29) is 5.41 Å². The Morgan fingerprint density at radius 3 is 2.69 bits per heavy atom. The number of anilines is 1. The minimum absolute atomic E-state index is 0.249. The van der Waals surface area contributed by atoms with Gasteiger partial charge in [-0.3, -0.25) is 4.79 Å². The first kappa shape index (κ1) is 16.9. The molecule has 0 bridgehead atoms. The summed E-state index contributed by atoms with van der Waals surface area (Å²) < 4.78 is 5.26. The normalized spacial score (nSPS) is 22.2. The number of ether oxygens (including phenoxy) is 1. The molecule has 1 fully saturated rings. The zero-order chi connectivity index (χ0) is 18.1. The van der Waals surface area contributed by atoms with Gasteiger partial charge in [0.05, 0.1) is 12.5 Å². The van der Waals surface area contributed by atoms with E-state index in [1.54, 1.807) is 7.11 Å². The number of hydrogen-bond donors (Lipinski definition) is 0. The topological polar surface area (TPSA) is 29.5 Å². The number of carbonyl (C=O) groups excluding carboxylic acids is 1. The van der Waals surface area contributed by atoms with E-state index < -0.39 is 0 Å². The van der Waals surface area contributed by atoms with Crippen LogP contribution in [0.15, 0.2) is 55.1 Å². The summed E-state index contributed by atoms with van der Waals surface area (Å²) in [5.74, 6) is 0.989. The van der Waals surface area contributed by atoms with Gasteiger partial charge in [0.2, 0.25) is 5.91 Å². The molecule has 1 amide bonds. The average Bonchev–Trinajstić information content (AvgIpc) is 2.70. The Balaban J connectivity index is 1.62. The molecule has 134 valence electrons. The number of carbonyl (C=O) groups is 1. The van der Waals surface area contributed by atoms with Gasteiger partial charge in [-0.25, -0.2) is 0 Å². The third-order valence-corrected chi connectivity index (χ3v) is 5.98. The highest BCUT2D eigenvalue weighted by atomic mass is 16.5. The Bertz CT molecular complexity index is 843. The van der Waals surface area contributed by atoms with Gasteiger partial charge in [0.1, 0.15) is 5.76 Å². The molecule has 1 unspecified atom stereocenters. The summed E-state index contributed by atoms with van der Waals surface area (Å²) in [6.45, 7) is 4.77. The Kier molecular flexibility index (Phi) is 4.31. The number of rotatable bonds is 3. The van der Waals surface area contributed by atoms with Crippen LogP contribution in [0.5, 0.6) is 0 Å². The predicted molar refractivity (Wildman–Crippen MR) is 105 cm³/mol. The molecule has 1 aliphatic heterocycles. The van der Waals surface area contributed by atoms with Crippen LogP contribution in [0.2, 0.25) is 0 Å². The van der Waals surface area contributed by atoms with E-state index in [4.69, 9.17) is 4.74 Å². The van der Waals surface area contributed by atoms with Crippen LogP contribution in [-0.4, -0.2) is 19.6 Å². The van der Waals surface area contributed by atoms with Crippen LogP contribution in [-0.2, 0) is 22.4 Å². The minimum Gasteiger partial charge on any atom is -0.497 e. The van der Waals surface area contributed by atoms with Crippen LogP contribution >= 0.6 is 0 Å². The standard InChI is InChI=1S/C23H25NO2/c1-17(26-2)18-9-10-20-16-23(13-11-19(20)15-18)12-6-14-24(22(23)25)21-7-4-3-5-8-21/h3-5,7-10,15H,1,6,11-14,16H2,2H3. The molecular weight excluding hydrogens is 322 g/mol. The van der Waals surface area contributed by atoms with Gasteiger partial charge in [-0.2, -0.15) is 0 Å². The van der Waals surface area contributed by atoms with E-state index in [0.29, 0.717) is 11.7 Å². The second kappa shape index (κ2) is 6.64. The van der Waals surface area contributed by atoms with E-state index in [9.17, 15) is 4.79 Å². The van der Waals surface area contributed by atoms with Crippen LogP contribution in [0, 0.1) is 5.41 Å². The molecule has 1 saturated heterocycles. The monoisotopic (exact) mass is 347 g/mol. The molecule has 4 rings (SSSR count). The van der Waals surface area contributed by atoms with Crippen LogP contribution in [0.1, 0.15) is 36.0 Å². The number of para-hydroxylation sites is 1. The van der Waals surface area contributed by atoms with E-state index in [1.807, 2.05) is 35.2 Å². The van der Waals surface area contributed by atoms with Crippen molar-refractivity contribution in [2.45, 2.75) is 32.1 Å². The van der Waals surface area contributed by atoms with Crippen molar-refractivity contribution in [2.75, 3.05) is 18.6 Å². The van der Waals surface area contributed by atoms with Crippen molar-refractivity contribution >= 4 is 17.4 Å². The molecule has 1 spiro atoms. The number of fused-ring (bicyclic) bond motifs is 1. The zero-order valence-corrected chi connectivity index (χ0v) is 15.3. The lowest BCUT2D eigenvalue weighted by molar-refractivity contribution is -0.131. The van der Waals surface area contributed by atoms with Crippen LogP contribution in [0.25, 0.3) is 5.76 Å². The maximum absolute atomic E-state index is 13.4. The second-order valence-corrected chi connectivity index (χ2v) is 7.46. The molecule has 2 aliphatic rings. The molecule has 1 atom stereocenters. The van der Waals surface area contributed by atoms with Crippen molar-refractivity contribution in [1.29, 1.82) is 0 Å². The highest BCUT2D eigenvalue weighted by molar-refractivity contribution is 5.98. The van der Waals surface area contributed by atoms with E-state index in [0.717, 1.165) is 49.9 Å². The summed E-state index contributed by atoms with van der Waals surface area (Å²) in [7, 11) is 1.65. The average molecular weight is 347 g/mol. The number of methoxy groups -OCH3 is 1. The van der Waals surface area contributed by atoms with E-state index in [2.05, 4.69) is 24.8 Å². The molecule has 0 saturated carbocycles. The van der Waals surface area contributed by atoms with Crippen LogP contribution in [0.4, 0.5) is 5.69 Å². The van der Waals surface area contributed by atoms with Gasteiger partial charge in [-0.05, 0) is 61.4 Å². The van der Waals surface area contributed by atoms with Gasteiger partial charge in [0, 0.05) is 17.8 Å². The SMILES string of the molecule is C=C(OC)c1ccc2c(c1)CCC1(CCCN(c3ccccc3)C1=O)C2. The molecular formula is C23H25NO2. The summed E-state index contributed by atoms with van der Waals surface area (Å²) in [6, 6.07) is 16.5. The summed E-state index contributed by atoms with van der Waals surface area (Å²) in [5.41, 5.74) is 4.43. The maximum atomic E-state index is 13.4. The van der Waals surface area contributed by atoms with E-state index in [1.165, 1.54) is 11.1 Å². The van der Waals surface area contributed by atoms with Gasteiger partial charge in [0.25, 0.3) is 0 Å². The van der Waals surface area contributed by atoms with Crippen molar-refractivity contribution < 1.29 is 9.53 Å². The van der Waals surface area contributed by atoms with Gasteiger partial charge in [-0.15, -0.1) is 0 Å². The highest BCUT2D eigenvalue weighted by Crippen LogP contribution is 2.44. The largest absolute Gasteiger partial charge is 0.497 e. The van der Waals surface area contributed by atoms with Crippen molar-refractivity contribution in [1.82, 2.24) is 0 Å². The number of nitrogens with zero attached hydrogens (tertiary/aromatic N) is 1. The molecule has 0 radical (unpaired) electrons. The Morgan fingerprint density at radius 2 is 1.92 bits per heavy atom. The quantitative estimate of drug-likeness (QED) is 0.759. The number of hydrogen-bond acceptors (Lipinski definition) is 2. The molecule has 1 heterocycles. The summed E-state index contributed by atoms with van der Waals surface area (Å²) in [6.07, 6.45) is 4.75. The molecule has 0 N–H and O–H groups in total. The lowest BCUT2D eigenvalue weighted by Gasteiger charge is -2.44. The molecule has 26 heavy (non-hydrogen) atoms. The number of aryl methyl sites for hydroxylation is 1.